The Bertz CT molecular complexity index is 488. The van der Waals surface area contributed by atoms with Gasteiger partial charge in [0.2, 0.25) is 0 Å². The molecule has 0 saturated carbocycles. The Kier molecular flexibility index (Phi) is 3.10. The first kappa shape index (κ1) is 10.6. The average Bonchev–Trinajstić information content (AvgIpc) is 2.33. The zero-order valence-corrected chi connectivity index (χ0v) is 8.69. The highest BCUT2D eigenvalue weighted by atomic mass is 19.1. The van der Waals surface area contributed by atoms with Gasteiger partial charge in [-0.25, -0.2) is 4.39 Å². The van der Waals surface area contributed by atoms with Crippen molar-refractivity contribution in [3.8, 4) is 0 Å². The Hall–Kier alpha value is -1.96. The minimum absolute atomic E-state index is 0.243. The largest absolute Gasteiger partial charge is 0.298 e. The van der Waals surface area contributed by atoms with E-state index in [0.29, 0.717) is 12.0 Å². The summed E-state index contributed by atoms with van der Waals surface area (Å²) in [5.41, 5.74) is 2.65. The average molecular weight is 214 g/mol. The van der Waals surface area contributed by atoms with Crippen molar-refractivity contribution in [2.75, 3.05) is 0 Å². The molecule has 2 heteroatoms. The van der Waals surface area contributed by atoms with Crippen molar-refractivity contribution in [3.05, 3.63) is 71.0 Å². The van der Waals surface area contributed by atoms with Crippen LogP contribution < -0.4 is 0 Å². The lowest BCUT2D eigenvalue weighted by Gasteiger charge is -2.04. The first-order chi connectivity index (χ1) is 7.79. The van der Waals surface area contributed by atoms with Crippen LogP contribution in [0.4, 0.5) is 4.39 Å². The van der Waals surface area contributed by atoms with Crippen molar-refractivity contribution in [3.63, 3.8) is 0 Å². The third-order valence-electron chi connectivity index (χ3n) is 2.49. The third-order valence-corrected chi connectivity index (χ3v) is 2.49. The zero-order valence-electron chi connectivity index (χ0n) is 8.69. The van der Waals surface area contributed by atoms with Crippen LogP contribution >= 0.6 is 0 Å². The molecule has 0 amide bonds. The summed E-state index contributed by atoms with van der Waals surface area (Å²) in [4.78, 5) is 10.8. The van der Waals surface area contributed by atoms with Gasteiger partial charge in [0, 0.05) is 5.56 Å². The zero-order chi connectivity index (χ0) is 11.4. The fourth-order valence-electron chi connectivity index (χ4n) is 1.63. The monoisotopic (exact) mass is 214 g/mol. The Morgan fingerprint density at radius 1 is 1.00 bits per heavy atom. The Morgan fingerprint density at radius 2 is 1.69 bits per heavy atom. The first-order valence-electron chi connectivity index (χ1n) is 5.07. The first-order valence-corrected chi connectivity index (χ1v) is 5.07. The molecule has 2 aromatic carbocycles. The second kappa shape index (κ2) is 4.71. The van der Waals surface area contributed by atoms with Gasteiger partial charge in [0.25, 0.3) is 0 Å². The summed E-state index contributed by atoms with van der Waals surface area (Å²) in [6.07, 6.45) is 1.49. The highest BCUT2D eigenvalue weighted by Crippen LogP contribution is 2.13. The van der Waals surface area contributed by atoms with E-state index in [-0.39, 0.29) is 5.82 Å². The number of aldehydes is 1. The van der Waals surface area contributed by atoms with Gasteiger partial charge in [-0.1, -0.05) is 36.4 Å². The number of carbonyl (C=O) groups excluding carboxylic acids is 1. The van der Waals surface area contributed by atoms with Crippen molar-refractivity contribution in [1.82, 2.24) is 0 Å². The number of halogens is 1. The van der Waals surface area contributed by atoms with E-state index in [1.54, 1.807) is 18.2 Å². The molecule has 0 fully saturated rings. The maximum atomic E-state index is 12.7. The Balaban J connectivity index is 2.26. The minimum Gasteiger partial charge on any atom is -0.298 e. The van der Waals surface area contributed by atoms with Gasteiger partial charge < -0.3 is 0 Å². The lowest BCUT2D eigenvalue weighted by atomic mass is 10.0. The van der Waals surface area contributed by atoms with E-state index in [4.69, 9.17) is 0 Å². The molecule has 2 rings (SSSR count). The molecule has 0 aliphatic carbocycles. The van der Waals surface area contributed by atoms with Gasteiger partial charge in [-0.15, -0.1) is 0 Å². The Labute approximate surface area is 93.5 Å². The Morgan fingerprint density at radius 3 is 2.38 bits per heavy atom. The summed E-state index contributed by atoms with van der Waals surface area (Å²) in [6.45, 7) is 0. The number of rotatable bonds is 3. The summed E-state index contributed by atoms with van der Waals surface area (Å²) in [6, 6.07) is 13.7. The van der Waals surface area contributed by atoms with Crippen LogP contribution in [0.1, 0.15) is 21.5 Å². The van der Waals surface area contributed by atoms with E-state index in [1.165, 1.54) is 12.1 Å². The number of carbonyl (C=O) groups is 1. The van der Waals surface area contributed by atoms with Crippen molar-refractivity contribution >= 4 is 6.29 Å². The highest BCUT2D eigenvalue weighted by molar-refractivity contribution is 5.77. The van der Waals surface area contributed by atoms with Crippen LogP contribution in [-0.4, -0.2) is 6.29 Å². The summed E-state index contributed by atoms with van der Waals surface area (Å²) >= 11 is 0. The van der Waals surface area contributed by atoms with Crippen LogP contribution in [-0.2, 0) is 6.42 Å². The topological polar surface area (TPSA) is 17.1 Å². The van der Waals surface area contributed by atoms with Gasteiger partial charge in [-0.2, -0.15) is 0 Å². The van der Waals surface area contributed by atoms with E-state index in [2.05, 4.69) is 0 Å². The van der Waals surface area contributed by atoms with Gasteiger partial charge in [-0.3, -0.25) is 4.79 Å². The van der Waals surface area contributed by atoms with Gasteiger partial charge >= 0.3 is 0 Å². The minimum atomic E-state index is -0.243. The number of hydrogen-bond acceptors (Lipinski definition) is 1. The summed E-state index contributed by atoms with van der Waals surface area (Å²) in [5.74, 6) is -0.243. The maximum absolute atomic E-state index is 12.7. The normalized spacial score (nSPS) is 10.1. The van der Waals surface area contributed by atoms with E-state index in [1.807, 2.05) is 18.2 Å². The van der Waals surface area contributed by atoms with Gasteiger partial charge in [0.15, 0.2) is 0 Å². The number of benzene rings is 2. The van der Waals surface area contributed by atoms with E-state index < -0.39 is 0 Å². The molecule has 0 bridgehead atoms. The van der Waals surface area contributed by atoms with Gasteiger partial charge in [0.05, 0.1) is 0 Å². The second-order valence-corrected chi connectivity index (χ2v) is 3.62. The molecule has 0 unspecified atom stereocenters. The molecule has 0 atom stereocenters. The molecule has 0 spiro atoms. The van der Waals surface area contributed by atoms with Crippen molar-refractivity contribution < 1.29 is 9.18 Å². The molecule has 80 valence electrons. The van der Waals surface area contributed by atoms with Crippen molar-refractivity contribution in [2.45, 2.75) is 6.42 Å². The number of hydrogen-bond donors (Lipinski definition) is 0. The smallest absolute Gasteiger partial charge is 0.150 e. The van der Waals surface area contributed by atoms with Crippen LogP contribution in [0.15, 0.2) is 48.5 Å². The molecule has 0 heterocycles. The summed E-state index contributed by atoms with van der Waals surface area (Å²) < 4.78 is 12.7. The van der Waals surface area contributed by atoms with Crippen LogP contribution in [0, 0.1) is 5.82 Å². The predicted octanol–water partition coefficient (Wildman–Crippen LogP) is 3.23. The van der Waals surface area contributed by atoms with Crippen molar-refractivity contribution in [2.24, 2.45) is 0 Å². The van der Waals surface area contributed by atoms with E-state index >= 15 is 0 Å². The van der Waals surface area contributed by atoms with Crippen molar-refractivity contribution in [1.29, 1.82) is 0 Å². The lowest BCUT2D eigenvalue weighted by Crippen LogP contribution is -1.94. The maximum Gasteiger partial charge on any atom is 0.150 e. The SMILES string of the molecule is O=Cc1ccccc1Cc1ccc(F)cc1. The molecule has 16 heavy (non-hydrogen) atoms. The molecule has 0 aliphatic rings. The summed E-state index contributed by atoms with van der Waals surface area (Å²) in [5, 5.41) is 0. The van der Waals surface area contributed by atoms with E-state index in [9.17, 15) is 9.18 Å². The molecule has 0 aromatic heterocycles. The quantitative estimate of drug-likeness (QED) is 0.717. The molecular weight excluding hydrogens is 203 g/mol. The van der Waals surface area contributed by atoms with Crippen LogP contribution in [0.25, 0.3) is 0 Å². The fourth-order valence-corrected chi connectivity index (χ4v) is 1.63. The predicted molar refractivity (Wildman–Crippen MR) is 61.0 cm³/mol. The molecule has 2 aromatic rings. The van der Waals surface area contributed by atoms with Crippen LogP contribution in [0.5, 0.6) is 0 Å². The van der Waals surface area contributed by atoms with Crippen LogP contribution in [0.2, 0.25) is 0 Å². The third kappa shape index (κ3) is 2.34. The molecule has 0 radical (unpaired) electrons. The van der Waals surface area contributed by atoms with Crippen LogP contribution in [0.3, 0.4) is 0 Å². The lowest BCUT2D eigenvalue weighted by molar-refractivity contribution is 0.112. The van der Waals surface area contributed by atoms with Gasteiger partial charge in [-0.05, 0) is 29.7 Å². The molecule has 0 N–H and O–H groups in total. The second-order valence-electron chi connectivity index (χ2n) is 3.62. The summed E-state index contributed by atoms with van der Waals surface area (Å²) in [7, 11) is 0. The fraction of sp³-hybridized carbons (Fsp3) is 0.0714. The molecule has 0 saturated heterocycles. The molecular formula is C14H11FO. The van der Waals surface area contributed by atoms with Gasteiger partial charge in [0.1, 0.15) is 12.1 Å². The molecule has 1 nitrogen and oxygen atoms in total. The molecule has 0 aliphatic heterocycles. The highest BCUT2D eigenvalue weighted by Gasteiger charge is 2.01. The van der Waals surface area contributed by atoms with E-state index in [0.717, 1.165) is 17.4 Å². The standard InChI is InChI=1S/C14H11FO/c15-14-7-5-11(6-8-14)9-12-3-1-2-4-13(12)10-16/h1-8,10H,9H2.